The molecule has 2 aromatic heterocycles. The van der Waals surface area contributed by atoms with Gasteiger partial charge in [0.05, 0.1) is 12.2 Å². The van der Waals surface area contributed by atoms with Crippen LogP contribution in [-0.4, -0.2) is 41.9 Å². The lowest BCUT2D eigenvalue weighted by Gasteiger charge is -2.26. The fourth-order valence-corrected chi connectivity index (χ4v) is 4.44. The molecule has 8 heteroatoms. The second kappa shape index (κ2) is 7.59. The maximum absolute atomic E-state index is 12.8. The highest BCUT2D eigenvalue weighted by Gasteiger charge is 2.27. The fourth-order valence-electron chi connectivity index (χ4n) is 3.16. The molecule has 0 aromatic carbocycles. The minimum atomic E-state index is -3.74. The third-order valence-corrected chi connectivity index (χ3v) is 6.33. The first kappa shape index (κ1) is 18.6. The van der Waals surface area contributed by atoms with E-state index in [0.717, 1.165) is 32.4 Å². The number of likely N-dealkylation sites (tertiary alicyclic amines) is 1. The van der Waals surface area contributed by atoms with E-state index in [4.69, 9.17) is 0 Å². The van der Waals surface area contributed by atoms with Crippen LogP contribution in [0.4, 0.5) is 0 Å². The second-order valence-electron chi connectivity index (χ2n) is 6.54. The summed E-state index contributed by atoms with van der Waals surface area (Å²) >= 11 is 0. The van der Waals surface area contributed by atoms with Gasteiger partial charge in [0.15, 0.2) is 0 Å². The summed E-state index contributed by atoms with van der Waals surface area (Å²) in [6, 6.07) is 6.82. The van der Waals surface area contributed by atoms with Crippen molar-refractivity contribution >= 4 is 15.9 Å². The molecule has 140 valence electrons. The van der Waals surface area contributed by atoms with Gasteiger partial charge >= 0.3 is 0 Å². The normalized spacial score (nSPS) is 15.2. The number of hydrogen-bond acceptors (Lipinski definition) is 4. The molecule has 1 aliphatic heterocycles. The molecule has 1 saturated heterocycles. The third-order valence-electron chi connectivity index (χ3n) is 4.81. The Kier molecular flexibility index (Phi) is 5.43. The van der Waals surface area contributed by atoms with Gasteiger partial charge in [-0.3, -0.25) is 9.78 Å². The number of carbonyl (C=O) groups excluding carboxylic acids is 1. The highest BCUT2D eigenvalue weighted by Crippen LogP contribution is 2.22. The van der Waals surface area contributed by atoms with E-state index in [2.05, 4.69) is 9.71 Å². The molecule has 26 heavy (non-hydrogen) atoms. The maximum atomic E-state index is 12.8. The van der Waals surface area contributed by atoms with Crippen molar-refractivity contribution in [1.29, 1.82) is 0 Å². The van der Waals surface area contributed by atoms with E-state index in [0.29, 0.717) is 17.1 Å². The number of pyridine rings is 1. The summed E-state index contributed by atoms with van der Waals surface area (Å²) in [5.41, 5.74) is 1.58. The average molecular weight is 376 g/mol. The van der Waals surface area contributed by atoms with Gasteiger partial charge in [-0.1, -0.05) is 6.07 Å². The summed E-state index contributed by atoms with van der Waals surface area (Å²) < 4.78 is 29.6. The highest BCUT2D eigenvalue weighted by molar-refractivity contribution is 7.89. The Morgan fingerprint density at radius 1 is 1.23 bits per heavy atom. The molecule has 0 aliphatic carbocycles. The SMILES string of the molecule is Cc1c(S(=O)(=O)NCc2ccccn2)cc(C(=O)N2CCCCC2)n1C. The Labute approximate surface area is 154 Å². The van der Waals surface area contributed by atoms with Crippen molar-refractivity contribution in [3.63, 3.8) is 0 Å². The Morgan fingerprint density at radius 2 is 1.96 bits per heavy atom. The number of carbonyl (C=O) groups is 1. The van der Waals surface area contributed by atoms with Gasteiger partial charge in [-0.05, 0) is 44.4 Å². The summed E-state index contributed by atoms with van der Waals surface area (Å²) in [7, 11) is -2.01. The third kappa shape index (κ3) is 3.81. The molecule has 3 rings (SSSR count). The molecule has 1 aliphatic rings. The summed E-state index contributed by atoms with van der Waals surface area (Å²) in [5.74, 6) is -0.110. The van der Waals surface area contributed by atoms with Crippen LogP contribution in [0.5, 0.6) is 0 Å². The molecule has 1 N–H and O–H groups in total. The Bertz CT molecular complexity index is 885. The fraction of sp³-hybridized carbons (Fsp3) is 0.444. The molecule has 0 saturated carbocycles. The molecule has 1 amide bonds. The van der Waals surface area contributed by atoms with Crippen LogP contribution < -0.4 is 4.72 Å². The van der Waals surface area contributed by atoms with Crippen LogP contribution in [0.1, 0.15) is 41.1 Å². The molecular weight excluding hydrogens is 352 g/mol. The van der Waals surface area contributed by atoms with Gasteiger partial charge in [0, 0.05) is 32.0 Å². The van der Waals surface area contributed by atoms with Crippen molar-refractivity contribution in [3.05, 3.63) is 47.5 Å². The topological polar surface area (TPSA) is 84.3 Å². The molecule has 0 radical (unpaired) electrons. The first-order valence-electron chi connectivity index (χ1n) is 8.75. The van der Waals surface area contributed by atoms with Crippen molar-refractivity contribution < 1.29 is 13.2 Å². The van der Waals surface area contributed by atoms with Crippen LogP contribution in [0.3, 0.4) is 0 Å². The lowest BCUT2D eigenvalue weighted by molar-refractivity contribution is 0.0714. The zero-order chi connectivity index (χ0) is 18.7. The number of nitrogens with one attached hydrogen (secondary N) is 1. The zero-order valence-electron chi connectivity index (χ0n) is 15.1. The van der Waals surface area contributed by atoms with Gasteiger partial charge in [-0.25, -0.2) is 13.1 Å². The smallest absolute Gasteiger partial charge is 0.270 e. The summed E-state index contributed by atoms with van der Waals surface area (Å²) in [4.78, 5) is 18.8. The van der Waals surface area contributed by atoms with Crippen molar-refractivity contribution in [1.82, 2.24) is 19.2 Å². The number of piperidine rings is 1. The predicted molar refractivity (Wildman–Crippen MR) is 98.2 cm³/mol. The number of rotatable bonds is 5. The van der Waals surface area contributed by atoms with E-state index in [-0.39, 0.29) is 17.3 Å². The number of amides is 1. The minimum absolute atomic E-state index is 0.104. The Hall–Kier alpha value is -2.19. The molecule has 0 spiro atoms. The van der Waals surface area contributed by atoms with Crippen molar-refractivity contribution in [2.75, 3.05) is 13.1 Å². The number of hydrogen-bond donors (Lipinski definition) is 1. The molecule has 7 nitrogen and oxygen atoms in total. The quantitative estimate of drug-likeness (QED) is 0.863. The minimum Gasteiger partial charge on any atom is -0.343 e. The van der Waals surface area contributed by atoms with Crippen molar-refractivity contribution in [3.8, 4) is 0 Å². The van der Waals surface area contributed by atoms with Gasteiger partial charge in [-0.2, -0.15) is 0 Å². The largest absolute Gasteiger partial charge is 0.343 e. The first-order chi connectivity index (χ1) is 12.4. The zero-order valence-corrected chi connectivity index (χ0v) is 15.9. The van der Waals surface area contributed by atoms with Crippen LogP contribution in [0.2, 0.25) is 0 Å². The van der Waals surface area contributed by atoms with Crippen LogP contribution >= 0.6 is 0 Å². The number of aromatic nitrogens is 2. The second-order valence-corrected chi connectivity index (χ2v) is 8.27. The highest BCUT2D eigenvalue weighted by atomic mass is 32.2. The van der Waals surface area contributed by atoms with E-state index in [1.165, 1.54) is 6.07 Å². The van der Waals surface area contributed by atoms with Gasteiger partial charge in [0.25, 0.3) is 5.91 Å². The number of nitrogens with zero attached hydrogens (tertiary/aromatic N) is 3. The lowest BCUT2D eigenvalue weighted by Crippen LogP contribution is -2.36. The monoisotopic (exact) mass is 376 g/mol. The summed E-state index contributed by atoms with van der Waals surface area (Å²) in [5, 5.41) is 0. The van der Waals surface area contributed by atoms with E-state index >= 15 is 0 Å². The Morgan fingerprint density at radius 3 is 2.62 bits per heavy atom. The van der Waals surface area contributed by atoms with Crippen LogP contribution in [0.25, 0.3) is 0 Å². The molecule has 2 aromatic rings. The number of sulfonamides is 1. The molecule has 0 bridgehead atoms. The summed E-state index contributed by atoms with van der Waals surface area (Å²) in [6.45, 7) is 3.27. The average Bonchev–Trinajstić information content (AvgIpc) is 2.97. The molecule has 0 unspecified atom stereocenters. The van der Waals surface area contributed by atoms with E-state index in [1.54, 1.807) is 47.8 Å². The van der Waals surface area contributed by atoms with E-state index in [9.17, 15) is 13.2 Å². The predicted octanol–water partition coefficient (Wildman–Crippen LogP) is 1.83. The van der Waals surface area contributed by atoms with Gasteiger partial charge < -0.3 is 9.47 Å². The van der Waals surface area contributed by atoms with Crippen LogP contribution in [-0.2, 0) is 23.6 Å². The van der Waals surface area contributed by atoms with Crippen molar-refractivity contribution in [2.45, 2.75) is 37.6 Å². The molecular formula is C18H24N4O3S. The first-order valence-corrected chi connectivity index (χ1v) is 10.2. The van der Waals surface area contributed by atoms with E-state index < -0.39 is 10.0 Å². The van der Waals surface area contributed by atoms with Crippen LogP contribution in [0.15, 0.2) is 35.4 Å². The lowest BCUT2D eigenvalue weighted by atomic mass is 10.1. The Balaban J connectivity index is 1.82. The maximum Gasteiger partial charge on any atom is 0.270 e. The van der Waals surface area contributed by atoms with E-state index in [1.807, 2.05) is 0 Å². The van der Waals surface area contributed by atoms with Crippen LogP contribution in [0, 0.1) is 6.92 Å². The molecule has 0 atom stereocenters. The van der Waals surface area contributed by atoms with Gasteiger partial charge in [0.2, 0.25) is 10.0 Å². The molecule has 1 fully saturated rings. The summed E-state index contributed by atoms with van der Waals surface area (Å²) in [6.07, 6.45) is 4.73. The van der Waals surface area contributed by atoms with Crippen molar-refractivity contribution in [2.24, 2.45) is 7.05 Å². The van der Waals surface area contributed by atoms with Gasteiger partial charge in [-0.15, -0.1) is 0 Å². The van der Waals surface area contributed by atoms with Gasteiger partial charge in [0.1, 0.15) is 10.6 Å². The standard InChI is InChI=1S/C18H24N4O3S/c1-14-17(26(24,25)20-13-15-8-4-5-9-19-15)12-16(21(14)2)18(23)22-10-6-3-7-11-22/h4-5,8-9,12,20H,3,6-7,10-11,13H2,1-2H3. The molecule has 3 heterocycles.